The van der Waals surface area contributed by atoms with Crippen LogP contribution in [-0.2, 0) is 4.79 Å². The van der Waals surface area contributed by atoms with Gasteiger partial charge in [-0.3, -0.25) is 9.59 Å². The molecule has 1 heterocycles. The van der Waals surface area contributed by atoms with Crippen LogP contribution in [0.2, 0.25) is 0 Å². The molecular weight excluding hydrogens is 358 g/mol. The summed E-state index contributed by atoms with van der Waals surface area (Å²) < 4.78 is 10.4. The third-order valence-electron chi connectivity index (χ3n) is 4.59. The highest BCUT2D eigenvalue weighted by Gasteiger charge is 2.21. The third-order valence-corrected chi connectivity index (χ3v) is 4.59. The molecule has 1 N–H and O–H groups in total. The minimum atomic E-state index is -0.373. The number of hydrazone groups is 1. The largest absolute Gasteiger partial charge is 0.497 e. The number of benzene rings is 2. The molecule has 2 aromatic carbocycles. The number of rotatable bonds is 6. The van der Waals surface area contributed by atoms with E-state index in [-0.39, 0.29) is 11.8 Å². The molecule has 0 spiro atoms. The van der Waals surface area contributed by atoms with Crippen LogP contribution in [0.4, 0.5) is 5.69 Å². The van der Waals surface area contributed by atoms with Crippen LogP contribution < -0.4 is 19.8 Å². The number of nitrogens with zero attached hydrogens (tertiary/aromatic N) is 2. The molecular formula is C21H23N3O4. The number of methoxy groups -OCH3 is 2. The van der Waals surface area contributed by atoms with E-state index in [1.807, 2.05) is 24.3 Å². The Hall–Kier alpha value is -3.35. The number of hydrogen-bond donors (Lipinski definition) is 1. The van der Waals surface area contributed by atoms with E-state index in [1.54, 1.807) is 30.0 Å². The van der Waals surface area contributed by atoms with Gasteiger partial charge in [-0.05, 0) is 43.2 Å². The molecule has 7 nitrogen and oxygen atoms in total. The highest BCUT2D eigenvalue weighted by molar-refractivity contribution is 6.03. The third kappa shape index (κ3) is 4.31. The fourth-order valence-electron chi connectivity index (χ4n) is 3.02. The van der Waals surface area contributed by atoms with E-state index >= 15 is 0 Å². The van der Waals surface area contributed by atoms with Gasteiger partial charge in [0, 0.05) is 30.3 Å². The Kier molecular flexibility index (Phi) is 5.93. The topological polar surface area (TPSA) is 80.2 Å². The maximum absolute atomic E-state index is 12.5. The van der Waals surface area contributed by atoms with Crippen molar-refractivity contribution in [2.24, 2.45) is 5.10 Å². The average molecular weight is 381 g/mol. The molecule has 0 saturated carbocycles. The Morgan fingerprint density at radius 1 is 1.07 bits per heavy atom. The smallest absolute Gasteiger partial charge is 0.271 e. The molecule has 146 valence electrons. The summed E-state index contributed by atoms with van der Waals surface area (Å²) in [5.74, 6) is 0.802. The summed E-state index contributed by atoms with van der Waals surface area (Å²) >= 11 is 0. The zero-order valence-electron chi connectivity index (χ0n) is 16.2. The molecule has 7 heteroatoms. The second-order valence-corrected chi connectivity index (χ2v) is 6.44. The van der Waals surface area contributed by atoms with Crippen LogP contribution in [0.15, 0.2) is 47.6 Å². The van der Waals surface area contributed by atoms with Crippen LogP contribution in [0.3, 0.4) is 0 Å². The molecule has 0 unspecified atom stereocenters. The summed E-state index contributed by atoms with van der Waals surface area (Å²) in [6, 6.07) is 12.5. The maximum atomic E-state index is 12.5. The van der Waals surface area contributed by atoms with Gasteiger partial charge in [0.05, 0.1) is 19.9 Å². The van der Waals surface area contributed by atoms with Crippen LogP contribution in [-0.4, -0.2) is 38.3 Å². The van der Waals surface area contributed by atoms with Gasteiger partial charge in [0.2, 0.25) is 5.91 Å². The number of nitrogens with one attached hydrogen (secondary N) is 1. The Bertz CT molecular complexity index is 901. The van der Waals surface area contributed by atoms with E-state index in [9.17, 15) is 9.59 Å². The standard InChI is InChI=1S/C21H23N3O4/c1-14(15-6-4-7-17(10-15)24-9-5-8-20(24)25)22-23-21(26)16-11-18(27-2)13-19(12-16)28-3/h4,6-7,10-13H,5,8-9H2,1-3H3,(H,23,26)/b22-14-. The summed E-state index contributed by atoms with van der Waals surface area (Å²) in [5.41, 5.74) is 5.25. The first-order valence-corrected chi connectivity index (χ1v) is 9.00. The minimum absolute atomic E-state index is 0.131. The summed E-state index contributed by atoms with van der Waals surface area (Å²) in [6.07, 6.45) is 1.45. The fraction of sp³-hybridized carbons (Fsp3) is 0.286. The molecule has 28 heavy (non-hydrogen) atoms. The van der Waals surface area contributed by atoms with E-state index < -0.39 is 0 Å². The molecule has 2 aromatic rings. The highest BCUT2D eigenvalue weighted by atomic mass is 16.5. The van der Waals surface area contributed by atoms with Crippen LogP contribution in [0.1, 0.15) is 35.7 Å². The Labute approximate surface area is 163 Å². The van der Waals surface area contributed by atoms with Crippen molar-refractivity contribution in [2.45, 2.75) is 19.8 Å². The molecule has 0 bridgehead atoms. The highest BCUT2D eigenvalue weighted by Crippen LogP contribution is 2.23. The first-order chi connectivity index (χ1) is 13.5. The first-order valence-electron chi connectivity index (χ1n) is 9.00. The van der Waals surface area contributed by atoms with Gasteiger partial charge in [-0.25, -0.2) is 5.43 Å². The Morgan fingerprint density at radius 3 is 2.39 bits per heavy atom. The average Bonchev–Trinajstić information content (AvgIpc) is 3.17. The van der Waals surface area contributed by atoms with Gasteiger partial charge in [-0.15, -0.1) is 0 Å². The SMILES string of the molecule is COc1cc(OC)cc(C(=O)N/N=C(/C)c2cccc(N3CCCC3=O)c2)c1. The number of carbonyl (C=O) groups is 2. The number of amides is 2. The van der Waals surface area contributed by atoms with Gasteiger partial charge in [0.25, 0.3) is 5.91 Å². The molecule has 3 rings (SSSR count). The molecule has 1 aliphatic rings. The first kappa shape index (κ1) is 19.4. The molecule has 0 aliphatic carbocycles. The molecule has 0 aromatic heterocycles. The minimum Gasteiger partial charge on any atom is -0.497 e. The summed E-state index contributed by atoms with van der Waals surface area (Å²) in [4.78, 5) is 26.2. The number of ether oxygens (including phenoxy) is 2. The van der Waals surface area contributed by atoms with E-state index in [2.05, 4.69) is 10.5 Å². The lowest BCUT2D eigenvalue weighted by Crippen LogP contribution is -2.24. The second-order valence-electron chi connectivity index (χ2n) is 6.44. The lowest BCUT2D eigenvalue weighted by molar-refractivity contribution is -0.117. The van der Waals surface area contributed by atoms with E-state index in [0.717, 1.165) is 24.2 Å². The molecule has 0 radical (unpaired) electrons. The van der Waals surface area contributed by atoms with Crippen molar-refractivity contribution < 1.29 is 19.1 Å². The molecule has 0 atom stereocenters. The van der Waals surface area contributed by atoms with Gasteiger partial charge < -0.3 is 14.4 Å². The summed E-state index contributed by atoms with van der Waals surface area (Å²) in [6.45, 7) is 2.53. The van der Waals surface area contributed by atoms with Gasteiger partial charge in [-0.1, -0.05) is 12.1 Å². The lowest BCUT2D eigenvalue weighted by Gasteiger charge is -2.16. The zero-order chi connectivity index (χ0) is 20.1. The van der Waals surface area contributed by atoms with Crippen molar-refractivity contribution in [3.05, 3.63) is 53.6 Å². The van der Waals surface area contributed by atoms with Crippen LogP contribution >= 0.6 is 0 Å². The van der Waals surface area contributed by atoms with Gasteiger partial charge in [0.15, 0.2) is 0 Å². The zero-order valence-corrected chi connectivity index (χ0v) is 16.2. The van der Waals surface area contributed by atoms with Crippen molar-refractivity contribution in [3.8, 4) is 11.5 Å². The monoisotopic (exact) mass is 381 g/mol. The summed E-state index contributed by atoms with van der Waals surface area (Å²) in [7, 11) is 3.05. The Balaban J connectivity index is 1.75. The summed E-state index contributed by atoms with van der Waals surface area (Å²) in [5, 5.41) is 4.20. The number of anilines is 1. The van der Waals surface area contributed by atoms with E-state index in [1.165, 1.54) is 14.2 Å². The van der Waals surface area contributed by atoms with Gasteiger partial charge in [-0.2, -0.15) is 5.10 Å². The van der Waals surface area contributed by atoms with E-state index in [4.69, 9.17) is 9.47 Å². The molecule has 1 aliphatic heterocycles. The number of carbonyl (C=O) groups excluding carboxylic acids is 2. The van der Waals surface area contributed by atoms with Crippen molar-refractivity contribution in [1.29, 1.82) is 0 Å². The molecule has 1 saturated heterocycles. The van der Waals surface area contributed by atoms with Crippen molar-refractivity contribution in [2.75, 3.05) is 25.7 Å². The van der Waals surface area contributed by atoms with Crippen molar-refractivity contribution in [3.63, 3.8) is 0 Å². The van der Waals surface area contributed by atoms with Crippen LogP contribution in [0.25, 0.3) is 0 Å². The fourth-order valence-corrected chi connectivity index (χ4v) is 3.02. The predicted molar refractivity (Wildman–Crippen MR) is 107 cm³/mol. The van der Waals surface area contributed by atoms with Crippen LogP contribution in [0.5, 0.6) is 11.5 Å². The van der Waals surface area contributed by atoms with Gasteiger partial charge >= 0.3 is 0 Å². The number of hydrogen-bond acceptors (Lipinski definition) is 5. The van der Waals surface area contributed by atoms with Crippen molar-refractivity contribution in [1.82, 2.24) is 5.43 Å². The predicted octanol–water partition coefficient (Wildman–Crippen LogP) is 2.98. The normalized spacial score (nSPS) is 14.2. The van der Waals surface area contributed by atoms with Gasteiger partial charge in [0.1, 0.15) is 11.5 Å². The van der Waals surface area contributed by atoms with E-state index in [0.29, 0.717) is 29.2 Å². The maximum Gasteiger partial charge on any atom is 0.271 e. The van der Waals surface area contributed by atoms with Crippen LogP contribution in [0, 0.1) is 0 Å². The molecule has 2 amide bonds. The second kappa shape index (κ2) is 8.56. The van der Waals surface area contributed by atoms with Crippen molar-refractivity contribution >= 4 is 23.2 Å². The Morgan fingerprint density at radius 2 is 1.79 bits per heavy atom. The lowest BCUT2D eigenvalue weighted by atomic mass is 10.1. The molecule has 1 fully saturated rings. The quantitative estimate of drug-likeness (QED) is 0.616.